The van der Waals surface area contributed by atoms with Crippen LogP contribution in [0.5, 0.6) is 5.75 Å². The van der Waals surface area contributed by atoms with Crippen LogP contribution in [0.4, 0.5) is 8.78 Å². The first-order chi connectivity index (χ1) is 9.79. The number of carbonyl (C=O) groups excluding carboxylic acids is 2. The zero-order chi connectivity index (χ0) is 16.0. The molecule has 0 fully saturated rings. The number of alkyl halides is 2. The zero-order valence-electron chi connectivity index (χ0n) is 11.4. The predicted octanol–water partition coefficient (Wildman–Crippen LogP) is 2.28. The lowest BCUT2D eigenvalue weighted by Crippen LogP contribution is -2.38. The lowest BCUT2D eigenvalue weighted by molar-refractivity contribution is -0.148. The van der Waals surface area contributed by atoms with Gasteiger partial charge < -0.3 is 14.8 Å². The van der Waals surface area contributed by atoms with E-state index in [0.717, 1.165) is 7.11 Å². The van der Waals surface area contributed by atoms with Gasteiger partial charge in [-0.3, -0.25) is 9.59 Å². The van der Waals surface area contributed by atoms with Gasteiger partial charge in [0.25, 0.3) is 11.8 Å². The van der Waals surface area contributed by atoms with Crippen LogP contribution < -0.4 is 10.1 Å². The summed E-state index contributed by atoms with van der Waals surface area (Å²) >= 11 is 5.75. The molecule has 1 N–H and O–H groups in total. The van der Waals surface area contributed by atoms with Gasteiger partial charge in [-0.1, -0.05) is 11.6 Å². The van der Waals surface area contributed by atoms with E-state index >= 15 is 0 Å². The fourth-order valence-corrected chi connectivity index (χ4v) is 1.68. The number of methoxy groups -OCH3 is 2. The Labute approximate surface area is 125 Å². The highest BCUT2D eigenvalue weighted by Crippen LogP contribution is 2.23. The minimum Gasteiger partial charge on any atom is -0.496 e. The Hall–Kier alpha value is -1.89. The summed E-state index contributed by atoms with van der Waals surface area (Å²) in [5.41, 5.74) is 0.0267. The van der Waals surface area contributed by atoms with E-state index in [-0.39, 0.29) is 16.3 Å². The molecule has 1 aromatic rings. The monoisotopic (exact) mass is 321 g/mol. The summed E-state index contributed by atoms with van der Waals surface area (Å²) in [7, 11) is 2.35. The average Bonchev–Trinajstić information content (AvgIpc) is 2.44. The molecule has 8 heteroatoms. The third kappa shape index (κ3) is 5.18. The Morgan fingerprint density at radius 1 is 1.33 bits per heavy atom. The molecular formula is C13H14ClF2NO4. The van der Waals surface area contributed by atoms with E-state index in [9.17, 15) is 18.4 Å². The average molecular weight is 322 g/mol. The van der Waals surface area contributed by atoms with E-state index in [4.69, 9.17) is 16.3 Å². The van der Waals surface area contributed by atoms with Crippen molar-refractivity contribution in [3.63, 3.8) is 0 Å². The first kappa shape index (κ1) is 17.2. The fraction of sp³-hybridized carbons (Fsp3) is 0.385. The minimum atomic E-state index is -3.41. The lowest BCUT2D eigenvalue weighted by Gasteiger charge is -2.16. The van der Waals surface area contributed by atoms with E-state index in [0.29, 0.717) is 0 Å². The third-order valence-corrected chi connectivity index (χ3v) is 2.78. The van der Waals surface area contributed by atoms with E-state index in [1.54, 1.807) is 0 Å². The molecule has 1 rings (SSSR count). The van der Waals surface area contributed by atoms with Gasteiger partial charge in [0.2, 0.25) is 0 Å². The molecule has 1 aromatic carbocycles. The van der Waals surface area contributed by atoms with Gasteiger partial charge in [-0.25, -0.2) is 8.78 Å². The Kier molecular flexibility index (Phi) is 5.90. The number of ether oxygens (including phenoxy) is 2. The number of benzene rings is 1. The van der Waals surface area contributed by atoms with Crippen LogP contribution in [-0.4, -0.2) is 38.6 Å². The number of amides is 1. The van der Waals surface area contributed by atoms with Gasteiger partial charge in [0.15, 0.2) is 0 Å². The second kappa shape index (κ2) is 7.21. The minimum absolute atomic E-state index is 0.0267. The van der Waals surface area contributed by atoms with Crippen molar-refractivity contribution in [2.45, 2.75) is 12.3 Å². The van der Waals surface area contributed by atoms with Crippen LogP contribution in [0.15, 0.2) is 18.2 Å². The largest absolute Gasteiger partial charge is 0.496 e. The summed E-state index contributed by atoms with van der Waals surface area (Å²) in [6, 6.07) is 4.25. The van der Waals surface area contributed by atoms with Crippen LogP contribution in [0.25, 0.3) is 0 Å². The van der Waals surface area contributed by atoms with Gasteiger partial charge in [-0.15, -0.1) is 0 Å². The fourth-order valence-electron chi connectivity index (χ4n) is 1.51. The highest BCUT2D eigenvalue weighted by atomic mass is 35.5. The van der Waals surface area contributed by atoms with Crippen molar-refractivity contribution in [2.75, 3.05) is 20.8 Å². The molecule has 0 atom stereocenters. The van der Waals surface area contributed by atoms with Crippen molar-refractivity contribution in [2.24, 2.45) is 0 Å². The molecule has 5 nitrogen and oxygen atoms in total. The summed E-state index contributed by atoms with van der Waals surface area (Å²) in [5, 5.41) is 2.30. The topological polar surface area (TPSA) is 64.6 Å². The summed E-state index contributed by atoms with van der Waals surface area (Å²) in [6.45, 7) is -1.00. The molecule has 116 valence electrons. The smallest absolute Gasteiger partial charge is 0.311 e. The molecule has 1 amide bonds. The van der Waals surface area contributed by atoms with Crippen LogP contribution >= 0.6 is 11.6 Å². The van der Waals surface area contributed by atoms with Gasteiger partial charge in [-0.05, 0) is 18.2 Å². The van der Waals surface area contributed by atoms with E-state index in [2.05, 4.69) is 4.74 Å². The molecule has 21 heavy (non-hydrogen) atoms. The van der Waals surface area contributed by atoms with Crippen LogP contribution in [0.3, 0.4) is 0 Å². The molecule has 0 radical (unpaired) electrons. The first-order valence-electron chi connectivity index (χ1n) is 5.85. The molecule has 0 aliphatic heterocycles. The summed E-state index contributed by atoms with van der Waals surface area (Å²) < 4.78 is 36.0. The van der Waals surface area contributed by atoms with Crippen LogP contribution in [0, 0.1) is 0 Å². The second-order valence-electron chi connectivity index (χ2n) is 4.14. The molecular weight excluding hydrogens is 308 g/mol. The lowest BCUT2D eigenvalue weighted by atomic mass is 10.1. The summed E-state index contributed by atoms with van der Waals surface area (Å²) in [5.74, 6) is -5.05. The number of hydrogen-bond donors (Lipinski definition) is 1. The summed E-state index contributed by atoms with van der Waals surface area (Å²) in [4.78, 5) is 22.7. The highest BCUT2D eigenvalue weighted by Gasteiger charge is 2.33. The molecule has 0 spiro atoms. The van der Waals surface area contributed by atoms with E-state index in [1.807, 2.05) is 5.32 Å². The van der Waals surface area contributed by atoms with Crippen LogP contribution in [0.1, 0.15) is 16.8 Å². The van der Waals surface area contributed by atoms with Gasteiger partial charge in [0.05, 0.1) is 26.3 Å². The predicted molar refractivity (Wildman–Crippen MR) is 71.9 cm³/mol. The standard InChI is InChI=1S/C13H14ClF2NO4/c1-20-10-4-3-8(14)5-9(10)12(19)17-7-13(15,16)6-11(18)21-2/h3-5H,6-7H2,1-2H3,(H,17,19). The van der Waals surface area contributed by atoms with Crippen molar-refractivity contribution in [3.05, 3.63) is 28.8 Å². The summed E-state index contributed by atoms with van der Waals surface area (Å²) in [6.07, 6.45) is -1.11. The van der Waals surface area contributed by atoms with Crippen molar-refractivity contribution < 1.29 is 27.8 Å². The molecule has 0 bridgehead atoms. The Balaban J connectivity index is 2.74. The van der Waals surface area contributed by atoms with Crippen molar-refractivity contribution in [1.82, 2.24) is 5.32 Å². The molecule has 0 saturated carbocycles. The number of rotatable bonds is 6. The Morgan fingerprint density at radius 2 is 2.00 bits per heavy atom. The molecule has 0 aliphatic rings. The maximum absolute atomic E-state index is 13.4. The zero-order valence-corrected chi connectivity index (χ0v) is 12.2. The van der Waals surface area contributed by atoms with Crippen molar-refractivity contribution in [1.29, 1.82) is 0 Å². The van der Waals surface area contributed by atoms with E-state index < -0.39 is 30.8 Å². The molecule has 0 heterocycles. The number of carbonyl (C=O) groups is 2. The quantitative estimate of drug-likeness (QED) is 0.816. The van der Waals surface area contributed by atoms with Crippen molar-refractivity contribution >= 4 is 23.5 Å². The number of esters is 1. The maximum Gasteiger partial charge on any atom is 0.311 e. The number of hydrogen-bond acceptors (Lipinski definition) is 4. The Morgan fingerprint density at radius 3 is 2.57 bits per heavy atom. The highest BCUT2D eigenvalue weighted by molar-refractivity contribution is 6.31. The molecule has 0 aromatic heterocycles. The maximum atomic E-state index is 13.4. The van der Waals surface area contributed by atoms with E-state index in [1.165, 1.54) is 25.3 Å². The van der Waals surface area contributed by atoms with Gasteiger partial charge >= 0.3 is 5.97 Å². The Bertz CT molecular complexity index is 537. The van der Waals surface area contributed by atoms with Gasteiger partial charge in [0.1, 0.15) is 12.2 Å². The number of nitrogens with one attached hydrogen (secondary N) is 1. The van der Waals surface area contributed by atoms with Crippen LogP contribution in [0.2, 0.25) is 5.02 Å². The van der Waals surface area contributed by atoms with Crippen molar-refractivity contribution in [3.8, 4) is 5.75 Å². The molecule has 0 unspecified atom stereocenters. The second-order valence-corrected chi connectivity index (χ2v) is 4.57. The van der Waals surface area contributed by atoms with Gasteiger partial charge in [0, 0.05) is 5.02 Å². The van der Waals surface area contributed by atoms with Crippen LogP contribution in [-0.2, 0) is 9.53 Å². The normalized spacial score (nSPS) is 10.9. The first-order valence-corrected chi connectivity index (χ1v) is 6.23. The SMILES string of the molecule is COC(=O)CC(F)(F)CNC(=O)c1cc(Cl)ccc1OC. The molecule has 0 saturated heterocycles. The molecule has 0 aliphatic carbocycles. The number of halogens is 3. The van der Waals surface area contributed by atoms with Gasteiger partial charge in [-0.2, -0.15) is 0 Å². The third-order valence-electron chi connectivity index (χ3n) is 2.54.